The Balaban J connectivity index is 2.31. The van der Waals surface area contributed by atoms with Crippen LogP contribution in [0, 0.1) is 6.92 Å². The summed E-state index contributed by atoms with van der Waals surface area (Å²) in [5, 5.41) is 10.8. The Morgan fingerprint density at radius 3 is 2.07 bits per heavy atom. The van der Waals surface area contributed by atoms with Crippen molar-refractivity contribution < 1.29 is 41.0 Å². The molecule has 1 aromatic heterocycles. The van der Waals surface area contributed by atoms with Gasteiger partial charge < -0.3 is 5.11 Å². The van der Waals surface area contributed by atoms with Gasteiger partial charge in [-0.25, -0.2) is 4.98 Å². The number of hydrogen-bond acceptors (Lipinski definition) is 4. The molecule has 0 bridgehead atoms. The van der Waals surface area contributed by atoms with Crippen molar-refractivity contribution in [2.75, 3.05) is 5.32 Å². The van der Waals surface area contributed by atoms with E-state index in [1.807, 2.05) is 0 Å². The van der Waals surface area contributed by atoms with Crippen molar-refractivity contribution in [3.8, 4) is 0 Å². The van der Waals surface area contributed by atoms with Gasteiger partial charge in [0.15, 0.2) is 5.13 Å². The highest BCUT2D eigenvalue weighted by Gasteiger charge is 2.37. The molecule has 2 aromatic rings. The zero-order valence-corrected chi connectivity index (χ0v) is 14.8. The van der Waals surface area contributed by atoms with Crippen molar-refractivity contribution in [2.45, 2.75) is 32.1 Å². The number of thiazole rings is 1. The normalized spacial score (nSPS) is 12.1. The number of hydrogen-bond donors (Lipinski definition) is 2. The topological polar surface area (TPSA) is 79.3 Å². The number of aromatic nitrogens is 1. The summed E-state index contributed by atoms with van der Waals surface area (Å²) < 4.78 is 77.3. The predicted octanol–water partition coefficient (Wildman–Crippen LogP) is 4.76. The maximum atomic E-state index is 12.9. The summed E-state index contributed by atoms with van der Waals surface area (Å²) in [6.07, 6.45) is -10.2. The van der Waals surface area contributed by atoms with Crippen LogP contribution >= 0.6 is 11.3 Å². The smallest absolute Gasteiger partial charge is 0.416 e. The Labute approximate surface area is 158 Å². The molecule has 1 heterocycles. The van der Waals surface area contributed by atoms with E-state index < -0.39 is 40.9 Å². The highest BCUT2D eigenvalue weighted by Crippen LogP contribution is 2.36. The SMILES string of the molecule is Cc1nc(NC(=O)c2cc(C(F)(F)F)cc(C(F)(F)F)c2)sc1CCC(=O)O. The summed E-state index contributed by atoms with van der Waals surface area (Å²) in [5.41, 5.74) is -3.64. The maximum Gasteiger partial charge on any atom is 0.416 e. The van der Waals surface area contributed by atoms with Crippen molar-refractivity contribution in [3.63, 3.8) is 0 Å². The van der Waals surface area contributed by atoms with Gasteiger partial charge in [0.25, 0.3) is 5.91 Å². The number of halogens is 6. The lowest BCUT2D eigenvalue weighted by Gasteiger charge is -2.13. The van der Waals surface area contributed by atoms with E-state index in [-0.39, 0.29) is 24.0 Å². The van der Waals surface area contributed by atoms with Gasteiger partial charge >= 0.3 is 18.3 Å². The first-order valence-corrected chi connectivity index (χ1v) is 8.38. The Morgan fingerprint density at radius 1 is 1.07 bits per heavy atom. The fourth-order valence-corrected chi connectivity index (χ4v) is 3.15. The first kappa shape index (κ1) is 21.7. The van der Waals surface area contributed by atoms with Gasteiger partial charge in [-0.05, 0) is 31.5 Å². The van der Waals surface area contributed by atoms with Gasteiger partial charge in [0.05, 0.1) is 23.2 Å². The van der Waals surface area contributed by atoms with Crippen molar-refractivity contribution >= 4 is 28.3 Å². The maximum absolute atomic E-state index is 12.9. The minimum absolute atomic E-state index is 0.0612. The molecule has 0 saturated carbocycles. The third-order valence-corrected chi connectivity index (χ3v) is 4.66. The molecule has 0 aliphatic rings. The third kappa shape index (κ3) is 5.44. The molecule has 0 aliphatic heterocycles. The van der Waals surface area contributed by atoms with E-state index in [0.717, 1.165) is 11.3 Å². The van der Waals surface area contributed by atoms with Crippen LogP contribution in [0.25, 0.3) is 0 Å². The Bertz CT molecular complexity index is 873. The van der Waals surface area contributed by atoms with Crippen LogP contribution in [-0.4, -0.2) is 22.0 Å². The average Bonchev–Trinajstić information content (AvgIpc) is 2.90. The van der Waals surface area contributed by atoms with Gasteiger partial charge in [-0.1, -0.05) is 0 Å². The first-order chi connectivity index (χ1) is 12.8. The van der Waals surface area contributed by atoms with Crippen molar-refractivity contribution in [2.24, 2.45) is 0 Å². The number of nitrogens with one attached hydrogen (secondary N) is 1. The molecular weight excluding hydrogens is 414 g/mol. The minimum atomic E-state index is -5.07. The Morgan fingerprint density at radius 2 is 1.61 bits per heavy atom. The van der Waals surface area contributed by atoms with Crippen LogP contribution in [0.5, 0.6) is 0 Å². The second-order valence-corrected chi connectivity index (χ2v) is 6.75. The number of carboxylic acid groups (broad SMARTS) is 1. The molecule has 0 unspecified atom stereocenters. The minimum Gasteiger partial charge on any atom is -0.481 e. The van der Waals surface area contributed by atoms with E-state index in [2.05, 4.69) is 10.3 Å². The second-order valence-electron chi connectivity index (χ2n) is 5.67. The average molecular weight is 426 g/mol. The second kappa shape index (κ2) is 7.78. The van der Waals surface area contributed by atoms with Crippen molar-refractivity contribution in [1.82, 2.24) is 4.98 Å². The van der Waals surface area contributed by atoms with Crippen LogP contribution in [0.2, 0.25) is 0 Å². The number of carbonyl (C=O) groups excluding carboxylic acids is 1. The molecule has 1 amide bonds. The van der Waals surface area contributed by atoms with E-state index in [0.29, 0.717) is 22.7 Å². The fourth-order valence-electron chi connectivity index (χ4n) is 2.19. The molecule has 28 heavy (non-hydrogen) atoms. The molecule has 0 fully saturated rings. The van der Waals surface area contributed by atoms with Crippen LogP contribution in [-0.2, 0) is 23.6 Å². The molecule has 0 saturated heterocycles. The number of benzene rings is 1. The lowest BCUT2D eigenvalue weighted by atomic mass is 10.0. The number of nitrogens with zero attached hydrogens (tertiary/aromatic N) is 1. The van der Waals surface area contributed by atoms with E-state index >= 15 is 0 Å². The largest absolute Gasteiger partial charge is 0.481 e. The zero-order valence-electron chi connectivity index (χ0n) is 14.0. The number of alkyl halides is 6. The van der Waals surface area contributed by atoms with Crippen LogP contribution < -0.4 is 5.32 Å². The quantitative estimate of drug-likeness (QED) is 0.676. The monoisotopic (exact) mass is 426 g/mol. The molecule has 2 N–H and O–H groups in total. The van der Waals surface area contributed by atoms with E-state index in [4.69, 9.17) is 5.11 Å². The summed E-state index contributed by atoms with van der Waals surface area (Å²) in [5.74, 6) is -2.25. The molecule has 0 spiro atoms. The van der Waals surface area contributed by atoms with Gasteiger partial charge in [-0.2, -0.15) is 26.3 Å². The van der Waals surface area contributed by atoms with Crippen molar-refractivity contribution in [3.05, 3.63) is 45.5 Å². The third-order valence-electron chi connectivity index (χ3n) is 3.53. The van der Waals surface area contributed by atoms with Gasteiger partial charge in [0.1, 0.15) is 0 Å². The number of aryl methyl sites for hydroxylation is 2. The lowest BCUT2D eigenvalue weighted by molar-refractivity contribution is -0.143. The molecule has 5 nitrogen and oxygen atoms in total. The van der Waals surface area contributed by atoms with Gasteiger partial charge in [0.2, 0.25) is 0 Å². The summed E-state index contributed by atoms with van der Waals surface area (Å²) in [7, 11) is 0. The lowest BCUT2D eigenvalue weighted by Crippen LogP contribution is -2.17. The Kier molecular flexibility index (Phi) is 6.02. The number of anilines is 1. The van der Waals surface area contributed by atoms with Crippen LogP contribution in [0.1, 0.15) is 38.5 Å². The summed E-state index contributed by atoms with van der Waals surface area (Å²) in [6.45, 7) is 1.54. The predicted molar refractivity (Wildman–Crippen MR) is 87.2 cm³/mol. The van der Waals surface area contributed by atoms with Gasteiger partial charge in [-0.15, -0.1) is 11.3 Å². The highest BCUT2D eigenvalue weighted by atomic mass is 32.1. The highest BCUT2D eigenvalue weighted by molar-refractivity contribution is 7.15. The molecule has 2 rings (SSSR count). The zero-order chi connectivity index (χ0) is 21.3. The van der Waals surface area contributed by atoms with Gasteiger partial charge in [-0.3, -0.25) is 14.9 Å². The van der Waals surface area contributed by atoms with E-state index in [9.17, 15) is 35.9 Å². The summed E-state index contributed by atoms with van der Waals surface area (Å²) >= 11 is 0.893. The molecule has 0 atom stereocenters. The van der Waals surface area contributed by atoms with Gasteiger partial charge in [0, 0.05) is 10.4 Å². The van der Waals surface area contributed by atoms with E-state index in [1.165, 1.54) is 6.92 Å². The number of rotatable bonds is 5. The summed E-state index contributed by atoms with van der Waals surface area (Å²) in [4.78, 5) is 27.3. The fraction of sp³-hybridized carbons (Fsp3) is 0.312. The molecule has 0 aliphatic carbocycles. The Hall–Kier alpha value is -2.63. The van der Waals surface area contributed by atoms with Crippen LogP contribution in [0.3, 0.4) is 0 Å². The molecule has 0 radical (unpaired) electrons. The van der Waals surface area contributed by atoms with Crippen LogP contribution in [0.15, 0.2) is 18.2 Å². The number of carbonyl (C=O) groups is 2. The number of carboxylic acids is 1. The first-order valence-electron chi connectivity index (χ1n) is 7.56. The standard InChI is InChI=1S/C16H12F6N2O3S/c1-7-11(2-3-12(25)26)28-14(23-7)24-13(27)8-4-9(15(17,18)19)6-10(5-8)16(20,21)22/h4-6H,2-3H2,1H3,(H,25,26)(H,23,24,27). The van der Waals surface area contributed by atoms with Crippen molar-refractivity contribution in [1.29, 1.82) is 0 Å². The molecular formula is C16H12F6N2O3S. The van der Waals surface area contributed by atoms with Crippen LogP contribution in [0.4, 0.5) is 31.5 Å². The number of aliphatic carboxylic acids is 1. The molecule has 1 aromatic carbocycles. The summed E-state index contributed by atoms with van der Waals surface area (Å²) in [6, 6.07) is 0.557. The molecule has 152 valence electrons. The number of amides is 1. The van der Waals surface area contributed by atoms with E-state index in [1.54, 1.807) is 0 Å². The molecule has 12 heteroatoms.